The topological polar surface area (TPSA) is 118 Å². The van der Waals surface area contributed by atoms with Crippen molar-refractivity contribution in [1.29, 1.82) is 0 Å². The zero-order valence-corrected chi connectivity index (χ0v) is 25.8. The summed E-state index contributed by atoms with van der Waals surface area (Å²) in [5, 5.41) is 1.31. The lowest BCUT2D eigenvalue weighted by atomic mass is 9.68. The molecule has 222 valence electrons. The molecule has 0 saturated carbocycles. The third-order valence-electron chi connectivity index (χ3n) is 8.52. The quantitative estimate of drug-likeness (QED) is 0.227. The molecule has 1 aromatic heterocycles. The average molecular weight is 589 g/mol. The second kappa shape index (κ2) is 11.9. The number of ether oxygens (including phenoxy) is 1. The number of imide groups is 1. The molecule has 1 atom stereocenters. The van der Waals surface area contributed by atoms with Crippen LogP contribution in [0.1, 0.15) is 53.1 Å². The predicted octanol–water partition coefficient (Wildman–Crippen LogP) is 4.84. The van der Waals surface area contributed by atoms with Gasteiger partial charge >= 0.3 is 0 Å². The molecule has 2 amide bonds. The lowest BCUT2D eigenvalue weighted by Crippen LogP contribution is -2.44. The Morgan fingerprint density at radius 2 is 1.98 bits per heavy atom. The molecule has 10 heteroatoms. The van der Waals surface area contributed by atoms with Crippen LogP contribution in [-0.4, -0.2) is 58.4 Å². The van der Waals surface area contributed by atoms with Crippen molar-refractivity contribution in [2.24, 2.45) is 11.3 Å². The van der Waals surface area contributed by atoms with Gasteiger partial charge in [-0.2, -0.15) is 0 Å². The largest absolute Gasteiger partial charge is 0.492 e. The first-order chi connectivity index (χ1) is 20.0. The zero-order chi connectivity index (χ0) is 30.2. The van der Waals surface area contributed by atoms with E-state index in [1.807, 2.05) is 45.2 Å². The number of hydrogen-bond donors (Lipinski definition) is 2. The van der Waals surface area contributed by atoms with Crippen LogP contribution in [0.5, 0.6) is 5.75 Å². The molecule has 9 nitrogen and oxygen atoms in total. The molecule has 2 aliphatic rings. The molecule has 1 fully saturated rings. The van der Waals surface area contributed by atoms with E-state index in [-0.39, 0.29) is 17.1 Å². The van der Waals surface area contributed by atoms with Crippen LogP contribution in [0.3, 0.4) is 0 Å². The van der Waals surface area contributed by atoms with E-state index in [0.717, 1.165) is 47.6 Å². The van der Waals surface area contributed by atoms with E-state index in [1.54, 1.807) is 13.2 Å². The molecule has 0 radical (unpaired) electrons. The predicted molar refractivity (Wildman–Crippen MR) is 168 cm³/mol. The van der Waals surface area contributed by atoms with Gasteiger partial charge < -0.3 is 15.5 Å². The number of hydrogen-bond acceptors (Lipinski definition) is 9. The summed E-state index contributed by atoms with van der Waals surface area (Å²) >= 11 is 1.19. The van der Waals surface area contributed by atoms with Crippen LogP contribution in [0.15, 0.2) is 48.8 Å². The first-order valence-electron chi connectivity index (χ1n) is 14.2. The fraction of sp³-hybridized carbons (Fsp3) is 0.406. The molecule has 3 heterocycles. The van der Waals surface area contributed by atoms with E-state index in [0.29, 0.717) is 30.3 Å². The maximum Gasteiger partial charge on any atom is 0.288 e. The number of amides is 2. The van der Waals surface area contributed by atoms with Gasteiger partial charge in [0.15, 0.2) is 0 Å². The number of thioether (sulfide) groups is 1. The molecule has 3 aromatic rings. The molecule has 2 aliphatic heterocycles. The van der Waals surface area contributed by atoms with Crippen LogP contribution in [0.4, 0.5) is 16.2 Å². The summed E-state index contributed by atoms with van der Waals surface area (Å²) in [5.74, 6) is 7.00. The Balaban J connectivity index is 1.57. The Hall–Kier alpha value is -3.60. The number of hydrazine groups is 1. The molecular weight excluding hydrogens is 548 g/mol. The molecule has 5 rings (SSSR count). The second-order valence-corrected chi connectivity index (χ2v) is 12.8. The monoisotopic (exact) mass is 588 g/mol. The van der Waals surface area contributed by atoms with Gasteiger partial charge in [0.05, 0.1) is 16.8 Å². The van der Waals surface area contributed by atoms with Crippen LogP contribution in [0, 0.1) is 19.3 Å². The number of nitrogen functional groups attached to an aromatic ring is 1. The number of carbonyl (C=O) groups excluding carboxylic acids is 2. The number of pyridine rings is 1. The van der Waals surface area contributed by atoms with Crippen LogP contribution < -0.4 is 21.3 Å². The zero-order valence-electron chi connectivity index (χ0n) is 25.0. The highest BCUT2D eigenvalue weighted by molar-refractivity contribution is 8.13. The highest BCUT2D eigenvalue weighted by atomic mass is 32.2. The molecule has 2 aromatic carbocycles. The minimum atomic E-state index is -0.943. The van der Waals surface area contributed by atoms with E-state index in [4.69, 9.17) is 16.3 Å². The van der Waals surface area contributed by atoms with E-state index in [2.05, 4.69) is 35.0 Å². The Morgan fingerprint density at radius 1 is 1.19 bits per heavy atom. The van der Waals surface area contributed by atoms with Crippen LogP contribution >= 0.6 is 11.8 Å². The Morgan fingerprint density at radius 3 is 2.69 bits per heavy atom. The van der Waals surface area contributed by atoms with Crippen LogP contribution in [0.25, 0.3) is 0 Å². The summed E-state index contributed by atoms with van der Waals surface area (Å²) in [4.78, 5) is 34.8. The van der Waals surface area contributed by atoms with Gasteiger partial charge in [-0.3, -0.25) is 24.4 Å². The summed E-state index contributed by atoms with van der Waals surface area (Å²) < 4.78 is 5.97. The number of nitrogens with zero attached hydrogens (tertiary/aromatic N) is 4. The van der Waals surface area contributed by atoms with Gasteiger partial charge in [-0.15, -0.1) is 0 Å². The minimum absolute atomic E-state index is 0.184. The highest BCUT2D eigenvalue weighted by Crippen LogP contribution is 2.46. The number of aryl methyl sites for hydroxylation is 1. The highest BCUT2D eigenvalue weighted by Gasteiger charge is 2.45. The normalized spacial score (nSPS) is 16.5. The summed E-state index contributed by atoms with van der Waals surface area (Å²) in [5.41, 5.74) is 13.2. The Bertz CT molecular complexity index is 1510. The lowest BCUT2D eigenvalue weighted by molar-refractivity contribution is -0.137. The molecule has 1 unspecified atom stereocenters. The first kappa shape index (κ1) is 29.9. The van der Waals surface area contributed by atoms with Crippen molar-refractivity contribution in [2.45, 2.75) is 46.7 Å². The average Bonchev–Trinajstić information content (AvgIpc) is 3.27. The van der Waals surface area contributed by atoms with Crippen molar-refractivity contribution in [3.05, 3.63) is 82.2 Å². The van der Waals surface area contributed by atoms with E-state index < -0.39 is 5.41 Å². The number of fused-ring (bicyclic) bond motifs is 1. The van der Waals surface area contributed by atoms with Crippen molar-refractivity contribution in [1.82, 2.24) is 14.8 Å². The van der Waals surface area contributed by atoms with Crippen molar-refractivity contribution in [3.63, 3.8) is 0 Å². The van der Waals surface area contributed by atoms with Crippen molar-refractivity contribution < 1.29 is 14.3 Å². The molecule has 1 saturated heterocycles. The lowest BCUT2D eigenvalue weighted by Gasteiger charge is -2.37. The van der Waals surface area contributed by atoms with Gasteiger partial charge in [0.2, 0.25) is 5.91 Å². The number of aromatic nitrogens is 1. The molecule has 0 bridgehead atoms. The number of nitrogens with two attached hydrogens (primary N) is 2. The van der Waals surface area contributed by atoms with Gasteiger partial charge in [-0.1, -0.05) is 49.9 Å². The molecular formula is C32H40N6O3S. The van der Waals surface area contributed by atoms with Gasteiger partial charge in [-0.25, -0.2) is 5.84 Å². The van der Waals surface area contributed by atoms with E-state index in [1.165, 1.54) is 32.8 Å². The number of rotatable bonds is 7. The fourth-order valence-corrected chi connectivity index (χ4v) is 6.86. The van der Waals surface area contributed by atoms with E-state index in [9.17, 15) is 9.59 Å². The molecule has 4 N–H and O–H groups in total. The third kappa shape index (κ3) is 5.71. The van der Waals surface area contributed by atoms with Crippen LogP contribution in [0.2, 0.25) is 0 Å². The van der Waals surface area contributed by atoms with E-state index >= 15 is 0 Å². The molecule has 0 aliphatic carbocycles. The number of anilines is 2. The third-order valence-corrected chi connectivity index (χ3v) is 9.38. The SMILES string of the molecule is Cc1ccc(C(c2ccc(N(C)N)c(N)c2C)C(C)(C)C(=O)N2CCSC2=O)cc1CN1CCOc2ccncc2C1. The van der Waals surface area contributed by atoms with Crippen LogP contribution in [-0.2, 0) is 17.9 Å². The minimum Gasteiger partial charge on any atom is -0.492 e. The van der Waals surface area contributed by atoms with Crippen molar-refractivity contribution in [2.75, 3.05) is 43.2 Å². The van der Waals surface area contributed by atoms with Crippen molar-refractivity contribution in [3.8, 4) is 5.75 Å². The second-order valence-electron chi connectivity index (χ2n) is 11.8. The number of carbonyl (C=O) groups is 2. The van der Waals surface area contributed by atoms with Gasteiger partial charge in [0, 0.05) is 62.9 Å². The van der Waals surface area contributed by atoms with Gasteiger partial charge in [0.1, 0.15) is 12.4 Å². The smallest absolute Gasteiger partial charge is 0.288 e. The summed E-state index contributed by atoms with van der Waals surface area (Å²) in [6.45, 7) is 11.2. The van der Waals surface area contributed by atoms with Gasteiger partial charge in [-0.05, 0) is 53.8 Å². The summed E-state index contributed by atoms with van der Waals surface area (Å²) in [7, 11) is 1.75. The van der Waals surface area contributed by atoms with Gasteiger partial charge in [0.25, 0.3) is 5.24 Å². The number of benzene rings is 2. The summed E-state index contributed by atoms with van der Waals surface area (Å²) in [6.07, 6.45) is 3.63. The maximum atomic E-state index is 14.1. The Kier molecular flexibility index (Phi) is 8.50. The summed E-state index contributed by atoms with van der Waals surface area (Å²) in [6, 6.07) is 12.3. The van der Waals surface area contributed by atoms with Crippen molar-refractivity contribution >= 4 is 34.3 Å². The molecule has 0 spiro atoms. The molecule has 42 heavy (non-hydrogen) atoms. The Labute approximate surface area is 252 Å². The maximum absolute atomic E-state index is 14.1. The standard InChI is InChI=1S/C32H40N6O3S/c1-20-6-7-22(16-23(20)18-37-12-14-41-27-10-11-35-17-24(27)19-37)28(25-8-9-26(36(5)34)29(33)21(25)2)32(3,4)30(39)38-13-15-42-31(38)40/h6-11,16-17,28H,12-15,18-19,33-34H2,1-5H3. The fourth-order valence-electron chi connectivity index (χ4n) is 6.08. The first-order valence-corrected chi connectivity index (χ1v) is 15.2.